The van der Waals surface area contributed by atoms with Crippen molar-refractivity contribution in [2.45, 2.75) is 0 Å². The Hall–Kier alpha value is -1.28. The van der Waals surface area contributed by atoms with Crippen molar-refractivity contribution in [1.82, 2.24) is 4.98 Å². The molecule has 0 unspecified atom stereocenters. The van der Waals surface area contributed by atoms with Crippen molar-refractivity contribution in [3.05, 3.63) is 35.5 Å². The average molecular weight is 179 g/mol. The molecule has 2 nitrogen and oxygen atoms in total. The summed E-state index contributed by atoms with van der Waals surface area (Å²) in [7, 11) is 0. The van der Waals surface area contributed by atoms with Gasteiger partial charge in [0.25, 0.3) is 0 Å². The normalized spacial score (nSPS) is 10.4. The first kappa shape index (κ1) is 7.37. The molecular formula is C9H7ClN2. The molecular weight excluding hydrogens is 172 g/mol. The van der Waals surface area contributed by atoms with E-state index in [1.807, 2.05) is 18.2 Å². The lowest BCUT2D eigenvalue weighted by Gasteiger charge is -2.00. The minimum absolute atomic E-state index is 0.662. The van der Waals surface area contributed by atoms with Crippen molar-refractivity contribution in [1.29, 1.82) is 0 Å². The number of anilines is 1. The van der Waals surface area contributed by atoms with Gasteiger partial charge >= 0.3 is 0 Å². The van der Waals surface area contributed by atoms with E-state index in [1.165, 1.54) is 0 Å². The summed E-state index contributed by atoms with van der Waals surface area (Å²) in [6, 6.07) is 7.33. The summed E-state index contributed by atoms with van der Waals surface area (Å²) < 4.78 is 0. The number of halogens is 1. The Morgan fingerprint density at radius 1 is 1.25 bits per heavy atom. The molecule has 1 heterocycles. The number of hydrogen-bond acceptors (Lipinski definition) is 2. The zero-order valence-electron chi connectivity index (χ0n) is 6.29. The quantitative estimate of drug-likeness (QED) is 0.630. The van der Waals surface area contributed by atoms with Gasteiger partial charge in [-0.05, 0) is 12.1 Å². The first-order chi connectivity index (χ1) is 5.79. The Morgan fingerprint density at radius 3 is 2.83 bits per heavy atom. The highest BCUT2D eigenvalue weighted by molar-refractivity contribution is 6.35. The van der Waals surface area contributed by atoms with Crippen LogP contribution in [0.25, 0.3) is 10.9 Å². The van der Waals surface area contributed by atoms with E-state index in [-0.39, 0.29) is 0 Å². The molecule has 0 atom stereocenters. The molecule has 2 aromatic rings. The summed E-state index contributed by atoms with van der Waals surface area (Å²) in [4.78, 5) is 4.13. The highest BCUT2D eigenvalue weighted by atomic mass is 35.5. The lowest BCUT2D eigenvalue weighted by Crippen LogP contribution is -1.88. The molecule has 60 valence electrons. The smallest absolute Gasteiger partial charge is 0.0946 e. The minimum atomic E-state index is 0.662. The SMILES string of the molecule is Nc1cccc2c(Cl)ccnc12. The van der Waals surface area contributed by atoms with Crippen molar-refractivity contribution in [3.8, 4) is 0 Å². The number of nitrogens with zero attached hydrogens (tertiary/aromatic N) is 1. The fraction of sp³-hybridized carbons (Fsp3) is 0. The molecule has 0 amide bonds. The van der Waals surface area contributed by atoms with E-state index in [4.69, 9.17) is 17.3 Å². The molecule has 0 fully saturated rings. The molecule has 0 radical (unpaired) electrons. The first-order valence-electron chi connectivity index (χ1n) is 3.58. The zero-order valence-corrected chi connectivity index (χ0v) is 7.05. The van der Waals surface area contributed by atoms with Crippen molar-refractivity contribution in [2.75, 3.05) is 5.73 Å². The molecule has 1 aromatic carbocycles. The molecule has 0 aliphatic carbocycles. The Labute approximate surface area is 75.0 Å². The van der Waals surface area contributed by atoms with E-state index < -0.39 is 0 Å². The van der Waals surface area contributed by atoms with Crippen molar-refractivity contribution in [2.24, 2.45) is 0 Å². The number of hydrogen-bond donors (Lipinski definition) is 1. The molecule has 0 saturated carbocycles. The highest BCUT2D eigenvalue weighted by Crippen LogP contribution is 2.24. The lowest BCUT2D eigenvalue weighted by molar-refractivity contribution is 1.41. The summed E-state index contributed by atoms with van der Waals surface area (Å²) in [5.74, 6) is 0. The molecule has 3 heteroatoms. The predicted molar refractivity (Wildman–Crippen MR) is 51.2 cm³/mol. The minimum Gasteiger partial charge on any atom is -0.397 e. The predicted octanol–water partition coefficient (Wildman–Crippen LogP) is 2.47. The van der Waals surface area contributed by atoms with Gasteiger partial charge in [-0.3, -0.25) is 4.98 Å². The standard InChI is InChI=1S/C9H7ClN2/c10-7-4-5-12-9-6(7)2-1-3-8(9)11/h1-5H,11H2. The number of aromatic nitrogens is 1. The molecule has 0 bridgehead atoms. The number of benzene rings is 1. The van der Waals surface area contributed by atoms with Crippen LogP contribution in [0.5, 0.6) is 0 Å². The van der Waals surface area contributed by atoms with Crippen LogP contribution in [0.4, 0.5) is 5.69 Å². The van der Waals surface area contributed by atoms with E-state index in [2.05, 4.69) is 4.98 Å². The van der Waals surface area contributed by atoms with Crippen LogP contribution < -0.4 is 5.73 Å². The maximum atomic E-state index is 5.93. The van der Waals surface area contributed by atoms with Gasteiger partial charge in [-0.15, -0.1) is 0 Å². The summed E-state index contributed by atoms with van der Waals surface area (Å²) in [5, 5.41) is 1.59. The zero-order chi connectivity index (χ0) is 8.55. The fourth-order valence-electron chi connectivity index (χ4n) is 1.17. The van der Waals surface area contributed by atoms with Gasteiger partial charge in [-0.1, -0.05) is 23.7 Å². The first-order valence-corrected chi connectivity index (χ1v) is 3.95. The van der Waals surface area contributed by atoms with Crippen LogP contribution in [0.2, 0.25) is 5.02 Å². The number of rotatable bonds is 0. The third kappa shape index (κ3) is 1.01. The summed E-state index contributed by atoms with van der Waals surface area (Å²) in [5.41, 5.74) is 7.13. The summed E-state index contributed by atoms with van der Waals surface area (Å²) in [6.45, 7) is 0. The van der Waals surface area contributed by atoms with Crippen LogP contribution in [0, 0.1) is 0 Å². The summed E-state index contributed by atoms with van der Waals surface area (Å²) >= 11 is 5.93. The third-order valence-electron chi connectivity index (χ3n) is 1.75. The van der Waals surface area contributed by atoms with Crippen molar-refractivity contribution in [3.63, 3.8) is 0 Å². The summed E-state index contributed by atoms with van der Waals surface area (Å²) in [6.07, 6.45) is 1.65. The van der Waals surface area contributed by atoms with Crippen molar-refractivity contribution >= 4 is 28.2 Å². The maximum absolute atomic E-state index is 5.93. The molecule has 0 aliphatic rings. The molecule has 0 saturated heterocycles. The van der Waals surface area contributed by atoms with E-state index in [1.54, 1.807) is 12.3 Å². The number of fused-ring (bicyclic) bond motifs is 1. The van der Waals surface area contributed by atoms with Gasteiger partial charge in [0.15, 0.2) is 0 Å². The Kier molecular flexibility index (Phi) is 1.62. The van der Waals surface area contributed by atoms with Gasteiger partial charge in [0, 0.05) is 11.6 Å². The van der Waals surface area contributed by atoms with Crippen LogP contribution in [0.1, 0.15) is 0 Å². The number of nitrogens with two attached hydrogens (primary N) is 1. The molecule has 2 rings (SSSR count). The molecule has 1 aromatic heterocycles. The Bertz CT molecular complexity index is 385. The van der Waals surface area contributed by atoms with E-state index in [0.717, 1.165) is 10.9 Å². The number of pyridine rings is 1. The van der Waals surface area contributed by atoms with E-state index in [9.17, 15) is 0 Å². The van der Waals surface area contributed by atoms with Crippen LogP contribution in [0.15, 0.2) is 30.5 Å². The molecule has 2 N–H and O–H groups in total. The van der Waals surface area contributed by atoms with Gasteiger partial charge < -0.3 is 5.73 Å². The van der Waals surface area contributed by atoms with Gasteiger partial charge in [0.05, 0.1) is 16.2 Å². The van der Waals surface area contributed by atoms with Crippen molar-refractivity contribution < 1.29 is 0 Å². The monoisotopic (exact) mass is 178 g/mol. The van der Waals surface area contributed by atoms with E-state index in [0.29, 0.717) is 10.7 Å². The Balaban J connectivity index is 2.94. The topological polar surface area (TPSA) is 38.9 Å². The van der Waals surface area contributed by atoms with E-state index >= 15 is 0 Å². The number of para-hydroxylation sites is 1. The molecule has 12 heavy (non-hydrogen) atoms. The van der Waals surface area contributed by atoms with Gasteiger partial charge in [0.2, 0.25) is 0 Å². The average Bonchev–Trinajstić information content (AvgIpc) is 2.07. The van der Waals surface area contributed by atoms with Gasteiger partial charge in [-0.2, -0.15) is 0 Å². The maximum Gasteiger partial charge on any atom is 0.0946 e. The van der Waals surface area contributed by atoms with Gasteiger partial charge in [0.1, 0.15) is 0 Å². The largest absolute Gasteiger partial charge is 0.397 e. The van der Waals surface area contributed by atoms with Crippen LogP contribution in [0.3, 0.4) is 0 Å². The fourth-order valence-corrected chi connectivity index (χ4v) is 1.37. The molecule has 0 aliphatic heterocycles. The second kappa shape index (κ2) is 2.64. The van der Waals surface area contributed by atoms with Gasteiger partial charge in [-0.25, -0.2) is 0 Å². The third-order valence-corrected chi connectivity index (χ3v) is 2.08. The van der Waals surface area contributed by atoms with Crippen LogP contribution >= 0.6 is 11.6 Å². The van der Waals surface area contributed by atoms with Crippen LogP contribution in [-0.2, 0) is 0 Å². The second-order valence-corrected chi connectivity index (χ2v) is 2.94. The second-order valence-electron chi connectivity index (χ2n) is 2.54. The number of nitrogen functional groups attached to an aromatic ring is 1. The highest BCUT2D eigenvalue weighted by Gasteiger charge is 2.00. The Morgan fingerprint density at radius 2 is 2.08 bits per heavy atom. The molecule has 0 spiro atoms. The lowest BCUT2D eigenvalue weighted by atomic mass is 10.2. The van der Waals surface area contributed by atoms with Crippen LogP contribution in [-0.4, -0.2) is 4.98 Å².